The third kappa shape index (κ3) is 3.41. The average molecular weight is 345 g/mol. The molecule has 1 amide bonds. The molecule has 0 saturated carbocycles. The number of aryl methyl sites for hydroxylation is 3. The molecule has 4 nitrogen and oxygen atoms in total. The lowest BCUT2D eigenvalue weighted by molar-refractivity contribution is 0.103. The van der Waals surface area contributed by atoms with Crippen LogP contribution in [0.5, 0.6) is 11.5 Å². The zero-order valence-electron chi connectivity index (χ0n) is 14.4. The van der Waals surface area contributed by atoms with E-state index in [0.29, 0.717) is 11.5 Å². The number of rotatable bonds is 4. The normalized spacial score (nSPS) is 13.8. The largest absolute Gasteiger partial charge is 0.493 e. The summed E-state index contributed by atoms with van der Waals surface area (Å²) < 4.78 is 10.6. The number of carbonyl (C=O) groups is 1. The van der Waals surface area contributed by atoms with Gasteiger partial charge in [0.15, 0.2) is 11.5 Å². The number of carbonyl (C=O) groups excluding carboxylic acids is 1. The fraction of sp³-hybridized carbons (Fsp3) is 0.421. The van der Waals surface area contributed by atoms with Gasteiger partial charge in [-0.25, -0.2) is 0 Å². The summed E-state index contributed by atoms with van der Waals surface area (Å²) in [6, 6.07) is 5.75. The molecular formula is C19H23NO3S. The fourth-order valence-corrected chi connectivity index (χ4v) is 4.23. The topological polar surface area (TPSA) is 47.6 Å². The van der Waals surface area contributed by atoms with Gasteiger partial charge in [-0.2, -0.15) is 0 Å². The van der Waals surface area contributed by atoms with Crippen molar-refractivity contribution in [1.82, 2.24) is 0 Å². The molecule has 1 N–H and O–H groups in total. The molecule has 5 heteroatoms. The van der Waals surface area contributed by atoms with Gasteiger partial charge < -0.3 is 14.8 Å². The average Bonchev–Trinajstić information content (AvgIpc) is 2.87. The summed E-state index contributed by atoms with van der Waals surface area (Å²) in [5, 5.41) is 3.01. The van der Waals surface area contributed by atoms with Crippen LogP contribution < -0.4 is 14.8 Å². The number of nitrogens with one attached hydrogen (secondary N) is 1. The number of benzene rings is 1. The number of hydrogen-bond donors (Lipinski definition) is 1. The van der Waals surface area contributed by atoms with Crippen LogP contribution >= 0.6 is 11.3 Å². The summed E-state index contributed by atoms with van der Waals surface area (Å²) in [7, 11) is 3.20. The van der Waals surface area contributed by atoms with E-state index < -0.39 is 0 Å². The maximum Gasteiger partial charge on any atom is 0.265 e. The van der Waals surface area contributed by atoms with Crippen molar-refractivity contribution in [1.29, 1.82) is 0 Å². The minimum absolute atomic E-state index is 0.0524. The van der Waals surface area contributed by atoms with Crippen molar-refractivity contribution in [2.24, 2.45) is 0 Å². The highest BCUT2D eigenvalue weighted by atomic mass is 32.1. The number of ether oxygens (including phenoxy) is 2. The van der Waals surface area contributed by atoms with E-state index in [2.05, 4.69) is 11.4 Å². The Kier molecular flexibility index (Phi) is 5.09. The third-order valence-corrected chi connectivity index (χ3v) is 5.69. The molecule has 0 fully saturated rings. The minimum Gasteiger partial charge on any atom is -0.493 e. The van der Waals surface area contributed by atoms with Crippen LogP contribution in [0.1, 0.15) is 44.9 Å². The Balaban J connectivity index is 1.82. The van der Waals surface area contributed by atoms with Gasteiger partial charge in [0.05, 0.1) is 19.1 Å². The molecule has 3 rings (SSSR count). The van der Waals surface area contributed by atoms with Crippen LogP contribution in [0.15, 0.2) is 18.2 Å². The first kappa shape index (κ1) is 16.8. The standard InChI is InChI=1S/C19H23NO3S/c1-12-9-15(22-2)16(23-3)11-14(12)20-19(21)18-10-13-7-5-4-6-8-17(13)24-18/h9-11H,4-8H2,1-3H3,(H,20,21). The molecule has 0 spiro atoms. The molecule has 1 aromatic heterocycles. The van der Waals surface area contributed by atoms with Crippen LogP contribution in [0.3, 0.4) is 0 Å². The molecule has 0 saturated heterocycles. The molecule has 2 aromatic rings. The van der Waals surface area contributed by atoms with Crippen molar-refractivity contribution in [3.63, 3.8) is 0 Å². The van der Waals surface area contributed by atoms with Crippen molar-refractivity contribution < 1.29 is 14.3 Å². The zero-order valence-corrected chi connectivity index (χ0v) is 15.2. The lowest BCUT2D eigenvalue weighted by atomic mass is 10.1. The predicted octanol–water partition coefficient (Wildman–Crippen LogP) is 4.59. The molecule has 1 heterocycles. The first-order valence-electron chi connectivity index (χ1n) is 8.28. The summed E-state index contributed by atoms with van der Waals surface area (Å²) in [5.74, 6) is 1.22. The van der Waals surface area contributed by atoms with Gasteiger partial charge >= 0.3 is 0 Å². The molecule has 1 aromatic carbocycles. The second kappa shape index (κ2) is 7.26. The monoisotopic (exact) mass is 345 g/mol. The maximum absolute atomic E-state index is 12.7. The minimum atomic E-state index is -0.0524. The number of amides is 1. The number of thiophene rings is 1. The van der Waals surface area contributed by atoms with Crippen LogP contribution in [-0.2, 0) is 12.8 Å². The van der Waals surface area contributed by atoms with Gasteiger partial charge in [0.1, 0.15) is 0 Å². The van der Waals surface area contributed by atoms with Crippen LogP contribution in [0.4, 0.5) is 5.69 Å². The zero-order chi connectivity index (χ0) is 17.1. The van der Waals surface area contributed by atoms with E-state index >= 15 is 0 Å². The first-order valence-corrected chi connectivity index (χ1v) is 9.09. The Morgan fingerprint density at radius 3 is 2.50 bits per heavy atom. The summed E-state index contributed by atoms with van der Waals surface area (Å²) in [4.78, 5) is 14.8. The smallest absolute Gasteiger partial charge is 0.265 e. The summed E-state index contributed by atoms with van der Waals surface area (Å²) in [5.41, 5.74) is 3.05. The summed E-state index contributed by atoms with van der Waals surface area (Å²) >= 11 is 1.63. The molecule has 0 unspecified atom stereocenters. The molecular weight excluding hydrogens is 322 g/mol. The van der Waals surface area contributed by atoms with Crippen molar-refractivity contribution in [2.75, 3.05) is 19.5 Å². The number of hydrogen-bond acceptors (Lipinski definition) is 4. The van der Waals surface area contributed by atoms with E-state index in [1.807, 2.05) is 19.1 Å². The Labute approximate surface area is 146 Å². The van der Waals surface area contributed by atoms with Crippen LogP contribution in [0, 0.1) is 6.92 Å². The molecule has 0 aliphatic heterocycles. The summed E-state index contributed by atoms with van der Waals surface area (Å²) in [6.07, 6.45) is 5.92. The van der Waals surface area contributed by atoms with E-state index in [1.54, 1.807) is 25.6 Å². The molecule has 0 bridgehead atoms. The van der Waals surface area contributed by atoms with E-state index in [0.717, 1.165) is 29.0 Å². The van der Waals surface area contributed by atoms with Crippen molar-refractivity contribution in [2.45, 2.75) is 39.0 Å². The van der Waals surface area contributed by atoms with Crippen molar-refractivity contribution in [3.05, 3.63) is 39.1 Å². The van der Waals surface area contributed by atoms with Crippen molar-refractivity contribution >= 4 is 22.9 Å². The van der Waals surface area contributed by atoms with E-state index in [1.165, 1.54) is 29.7 Å². The molecule has 128 valence electrons. The molecule has 0 atom stereocenters. The highest BCUT2D eigenvalue weighted by molar-refractivity contribution is 7.14. The second-order valence-electron chi connectivity index (χ2n) is 6.10. The lowest BCUT2D eigenvalue weighted by Gasteiger charge is -2.13. The van der Waals surface area contributed by atoms with Gasteiger partial charge in [-0.3, -0.25) is 4.79 Å². The van der Waals surface area contributed by atoms with Crippen molar-refractivity contribution in [3.8, 4) is 11.5 Å². The fourth-order valence-electron chi connectivity index (χ4n) is 3.08. The van der Waals surface area contributed by atoms with E-state index in [4.69, 9.17) is 9.47 Å². The predicted molar refractivity (Wildman–Crippen MR) is 97.8 cm³/mol. The SMILES string of the molecule is COc1cc(C)c(NC(=O)c2cc3c(s2)CCCCC3)cc1OC. The first-order chi connectivity index (χ1) is 11.6. The quantitative estimate of drug-likeness (QED) is 0.824. The van der Waals surface area contributed by atoms with Gasteiger partial charge in [-0.1, -0.05) is 6.42 Å². The Morgan fingerprint density at radius 2 is 1.75 bits per heavy atom. The van der Waals surface area contributed by atoms with E-state index in [9.17, 15) is 4.79 Å². The highest BCUT2D eigenvalue weighted by Crippen LogP contribution is 2.34. The van der Waals surface area contributed by atoms with Crippen LogP contribution in [-0.4, -0.2) is 20.1 Å². The number of methoxy groups -OCH3 is 2. The second-order valence-corrected chi connectivity index (χ2v) is 7.23. The van der Waals surface area contributed by atoms with Crippen LogP contribution in [0.25, 0.3) is 0 Å². The van der Waals surface area contributed by atoms with Gasteiger partial charge in [-0.05, 0) is 55.9 Å². The maximum atomic E-state index is 12.7. The molecule has 1 aliphatic rings. The Bertz CT molecular complexity index is 728. The summed E-state index contributed by atoms with van der Waals surface area (Å²) in [6.45, 7) is 1.95. The Morgan fingerprint density at radius 1 is 1.04 bits per heavy atom. The van der Waals surface area contributed by atoms with Gasteiger partial charge in [0, 0.05) is 16.6 Å². The molecule has 0 radical (unpaired) electrons. The lowest BCUT2D eigenvalue weighted by Crippen LogP contribution is -2.11. The number of fused-ring (bicyclic) bond motifs is 1. The van der Waals surface area contributed by atoms with Gasteiger partial charge in [0.25, 0.3) is 5.91 Å². The Hall–Kier alpha value is -2.01. The number of anilines is 1. The third-order valence-electron chi connectivity index (χ3n) is 4.45. The molecule has 1 aliphatic carbocycles. The van der Waals surface area contributed by atoms with E-state index in [-0.39, 0.29) is 5.91 Å². The molecule has 24 heavy (non-hydrogen) atoms. The van der Waals surface area contributed by atoms with Gasteiger partial charge in [0.2, 0.25) is 0 Å². The van der Waals surface area contributed by atoms with Crippen LogP contribution in [0.2, 0.25) is 0 Å². The van der Waals surface area contributed by atoms with Gasteiger partial charge in [-0.15, -0.1) is 11.3 Å². The highest BCUT2D eigenvalue weighted by Gasteiger charge is 2.18.